The standard InChI is InChI=1S/C30H36ClN3O4S/c1-6-23(4)32-30(36)24(5)33(19-25-11-13-26(31)14-12-25)29(35)20-34(27-15-7-21(2)8-16-27)39(37,38)28-17-9-22(3)10-18-28/h7-18,23-24H,6,19-20H2,1-5H3,(H,32,36)/t23-,24+/m0/s1. The first-order valence-electron chi connectivity index (χ1n) is 12.9. The number of anilines is 1. The van der Waals surface area contributed by atoms with Gasteiger partial charge in [0.1, 0.15) is 12.6 Å². The summed E-state index contributed by atoms with van der Waals surface area (Å²) >= 11 is 6.04. The van der Waals surface area contributed by atoms with Gasteiger partial charge in [-0.1, -0.05) is 66.0 Å². The smallest absolute Gasteiger partial charge is 0.264 e. The first-order valence-corrected chi connectivity index (χ1v) is 14.7. The van der Waals surface area contributed by atoms with E-state index in [9.17, 15) is 18.0 Å². The average Bonchev–Trinajstić information content (AvgIpc) is 2.91. The topological polar surface area (TPSA) is 86.8 Å². The molecule has 0 aromatic heterocycles. The number of nitrogens with one attached hydrogen (secondary N) is 1. The van der Waals surface area contributed by atoms with Crippen LogP contribution in [0.25, 0.3) is 0 Å². The summed E-state index contributed by atoms with van der Waals surface area (Å²) in [4.78, 5) is 28.5. The van der Waals surface area contributed by atoms with Crippen LogP contribution in [-0.4, -0.2) is 43.8 Å². The van der Waals surface area contributed by atoms with E-state index < -0.39 is 28.5 Å². The van der Waals surface area contributed by atoms with E-state index in [1.807, 2.05) is 27.7 Å². The molecule has 208 valence electrons. The Morgan fingerprint density at radius 2 is 1.41 bits per heavy atom. The number of rotatable bonds is 11. The van der Waals surface area contributed by atoms with Crippen LogP contribution in [0.15, 0.2) is 77.7 Å². The first kappa shape index (κ1) is 30.2. The van der Waals surface area contributed by atoms with Crippen molar-refractivity contribution in [2.24, 2.45) is 0 Å². The fourth-order valence-corrected chi connectivity index (χ4v) is 5.45. The lowest BCUT2D eigenvalue weighted by molar-refractivity contribution is -0.139. The molecule has 2 atom stereocenters. The third-order valence-corrected chi connectivity index (χ3v) is 8.68. The van der Waals surface area contributed by atoms with Gasteiger partial charge in [-0.25, -0.2) is 8.42 Å². The van der Waals surface area contributed by atoms with Gasteiger partial charge in [-0.05, 0) is 76.1 Å². The van der Waals surface area contributed by atoms with Gasteiger partial charge in [-0.2, -0.15) is 0 Å². The van der Waals surface area contributed by atoms with Gasteiger partial charge in [0.05, 0.1) is 10.6 Å². The van der Waals surface area contributed by atoms with Crippen LogP contribution in [0.5, 0.6) is 0 Å². The number of amides is 2. The fraction of sp³-hybridized carbons (Fsp3) is 0.333. The third-order valence-electron chi connectivity index (χ3n) is 6.64. The second-order valence-corrected chi connectivity index (χ2v) is 12.1. The van der Waals surface area contributed by atoms with Gasteiger partial charge < -0.3 is 10.2 Å². The molecule has 7 nitrogen and oxygen atoms in total. The molecule has 0 saturated heterocycles. The van der Waals surface area contributed by atoms with Gasteiger partial charge >= 0.3 is 0 Å². The van der Waals surface area contributed by atoms with Crippen LogP contribution in [0.2, 0.25) is 5.02 Å². The number of aryl methyl sites for hydroxylation is 2. The van der Waals surface area contributed by atoms with Crippen LogP contribution in [0.3, 0.4) is 0 Å². The Morgan fingerprint density at radius 1 is 0.872 bits per heavy atom. The monoisotopic (exact) mass is 569 g/mol. The van der Waals surface area contributed by atoms with Crippen LogP contribution in [0.4, 0.5) is 5.69 Å². The number of hydrogen-bond acceptors (Lipinski definition) is 4. The molecule has 9 heteroatoms. The van der Waals surface area contributed by atoms with E-state index in [4.69, 9.17) is 11.6 Å². The maximum atomic E-state index is 13.9. The minimum atomic E-state index is -4.09. The Kier molecular flexibility index (Phi) is 10.2. The maximum Gasteiger partial charge on any atom is 0.264 e. The molecule has 2 amide bonds. The molecule has 3 rings (SSSR count). The number of benzene rings is 3. The van der Waals surface area contributed by atoms with E-state index in [0.29, 0.717) is 10.7 Å². The Bertz CT molecular complexity index is 1380. The van der Waals surface area contributed by atoms with Crippen molar-refractivity contribution in [1.82, 2.24) is 10.2 Å². The summed E-state index contributed by atoms with van der Waals surface area (Å²) in [5, 5.41) is 3.48. The van der Waals surface area contributed by atoms with E-state index >= 15 is 0 Å². The van der Waals surface area contributed by atoms with Gasteiger partial charge in [0, 0.05) is 17.6 Å². The minimum absolute atomic E-state index is 0.0709. The zero-order chi connectivity index (χ0) is 28.7. The van der Waals surface area contributed by atoms with Crippen molar-refractivity contribution in [1.29, 1.82) is 0 Å². The van der Waals surface area contributed by atoms with Gasteiger partial charge in [0.25, 0.3) is 10.0 Å². The highest BCUT2D eigenvalue weighted by Crippen LogP contribution is 2.25. The zero-order valence-corrected chi connectivity index (χ0v) is 24.6. The molecule has 3 aromatic carbocycles. The van der Waals surface area contributed by atoms with E-state index in [1.165, 1.54) is 17.0 Å². The number of hydrogen-bond donors (Lipinski definition) is 1. The number of halogens is 1. The highest BCUT2D eigenvalue weighted by Gasteiger charge is 2.32. The van der Waals surface area contributed by atoms with E-state index in [1.54, 1.807) is 67.6 Å². The predicted molar refractivity (Wildman–Crippen MR) is 156 cm³/mol. The molecule has 0 aliphatic carbocycles. The molecule has 39 heavy (non-hydrogen) atoms. The quantitative estimate of drug-likeness (QED) is 0.331. The molecular formula is C30H36ClN3O4S. The van der Waals surface area contributed by atoms with Crippen molar-refractivity contribution in [3.05, 3.63) is 94.5 Å². The highest BCUT2D eigenvalue weighted by atomic mass is 35.5. The Balaban J connectivity index is 2.01. The lowest BCUT2D eigenvalue weighted by atomic mass is 10.1. The zero-order valence-electron chi connectivity index (χ0n) is 23.0. The Morgan fingerprint density at radius 3 is 1.95 bits per heavy atom. The number of carbonyl (C=O) groups is 2. The largest absolute Gasteiger partial charge is 0.352 e. The molecule has 0 bridgehead atoms. The van der Waals surface area contributed by atoms with Crippen LogP contribution in [0.1, 0.15) is 43.9 Å². The van der Waals surface area contributed by atoms with Crippen molar-refractivity contribution < 1.29 is 18.0 Å². The molecule has 1 N–H and O–H groups in total. The molecule has 0 radical (unpaired) electrons. The Labute approximate surface area is 236 Å². The van der Waals surface area contributed by atoms with Crippen molar-refractivity contribution >= 4 is 39.1 Å². The third kappa shape index (κ3) is 7.83. The lowest BCUT2D eigenvalue weighted by Crippen LogP contribution is -2.52. The summed E-state index contributed by atoms with van der Waals surface area (Å²) in [6, 6.07) is 19.5. The SMILES string of the molecule is CC[C@H](C)NC(=O)[C@@H](C)N(Cc1ccc(Cl)cc1)C(=O)CN(c1ccc(C)cc1)S(=O)(=O)c1ccc(C)cc1. The summed E-state index contributed by atoms with van der Waals surface area (Å²) in [7, 11) is -4.09. The van der Waals surface area contributed by atoms with Gasteiger partial charge in [-0.3, -0.25) is 13.9 Å². The lowest BCUT2D eigenvalue weighted by Gasteiger charge is -2.32. The minimum Gasteiger partial charge on any atom is -0.352 e. The summed E-state index contributed by atoms with van der Waals surface area (Å²) in [6.07, 6.45) is 0.736. The molecule has 0 saturated carbocycles. The average molecular weight is 570 g/mol. The highest BCUT2D eigenvalue weighted by molar-refractivity contribution is 7.92. The van der Waals surface area contributed by atoms with Gasteiger partial charge in [0.15, 0.2) is 0 Å². The second-order valence-electron chi connectivity index (χ2n) is 9.80. The van der Waals surface area contributed by atoms with Crippen molar-refractivity contribution in [2.45, 2.75) is 64.6 Å². The molecule has 0 aliphatic rings. The van der Waals surface area contributed by atoms with E-state index in [-0.39, 0.29) is 23.4 Å². The van der Waals surface area contributed by atoms with Crippen LogP contribution >= 0.6 is 11.6 Å². The number of nitrogens with zero attached hydrogens (tertiary/aromatic N) is 2. The van der Waals surface area contributed by atoms with Crippen molar-refractivity contribution in [3.8, 4) is 0 Å². The van der Waals surface area contributed by atoms with Crippen molar-refractivity contribution in [3.63, 3.8) is 0 Å². The summed E-state index contributed by atoms with van der Waals surface area (Å²) < 4.78 is 28.8. The van der Waals surface area contributed by atoms with E-state index in [2.05, 4.69) is 5.32 Å². The molecule has 0 unspecified atom stereocenters. The molecule has 0 spiro atoms. The number of carbonyl (C=O) groups excluding carboxylic acids is 2. The van der Waals surface area contributed by atoms with Crippen LogP contribution in [-0.2, 0) is 26.2 Å². The molecule has 0 heterocycles. The molecule has 0 aliphatic heterocycles. The van der Waals surface area contributed by atoms with Crippen molar-refractivity contribution in [2.75, 3.05) is 10.8 Å². The van der Waals surface area contributed by atoms with Gasteiger partial charge in [0.2, 0.25) is 11.8 Å². The Hall–Kier alpha value is -3.36. The summed E-state index contributed by atoms with van der Waals surface area (Å²) in [5.41, 5.74) is 3.00. The first-order chi connectivity index (χ1) is 18.4. The molecule has 0 fully saturated rings. The molecular weight excluding hydrogens is 534 g/mol. The summed E-state index contributed by atoms with van der Waals surface area (Å²) in [5.74, 6) is -0.817. The van der Waals surface area contributed by atoms with Crippen LogP contribution < -0.4 is 9.62 Å². The fourth-order valence-electron chi connectivity index (χ4n) is 3.91. The van der Waals surface area contributed by atoms with Crippen LogP contribution in [0, 0.1) is 13.8 Å². The normalized spacial score (nSPS) is 12.9. The molecule has 3 aromatic rings. The maximum absolute atomic E-state index is 13.9. The van der Waals surface area contributed by atoms with E-state index in [0.717, 1.165) is 27.4 Å². The predicted octanol–water partition coefficient (Wildman–Crippen LogP) is 5.48. The van der Waals surface area contributed by atoms with Gasteiger partial charge in [-0.15, -0.1) is 0 Å². The number of sulfonamides is 1. The summed E-state index contributed by atoms with van der Waals surface area (Å²) in [6.45, 7) is 8.91. The second kappa shape index (κ2) is 13.1.